The van der Waals surface area contributed by atoms with Crippen LogP contribution in [0.25, 0.3) is 0 Å². The van der Waals surface area contributed by atoms with E-state index in [9.17, 15) is 4.79 Å². The van der Waals surface area contributed by atoms with Crippen LogP contribution in [-0.2, 0) is 4.79 Å². The Morgan fingerprint density at radius 3 is 2.61 bits per heavy atom. The van der Waals surface area contributed by atoms with Gasteiger partial charge in [0.1, 0.15) is 0 Å². The zero-order valence-corrected chi connectivity index (χ0v) is 12.1. The highest BCUT2D eigenvalue weighted by atomic mass is 35.5. The summed E-state index contributed by atoms with van der Waals surface area (Å²) in [6, 6.07) is 7.73. The Hall–Kier alpha value is -1.06. The maximum absolute atomic E-state index is 11.7. The first kappa shape index (κ1) is 15.0. The van der Waals surface area contributed by atoms with Crippen molar-refractivity contribution in [2.24, 2.45) is 0 Å². The van der Waals surface area contributed by atoms with Gasteiger partial charge in [-0.3, -0.25) is 4.79 Å². The summed E-state index contributed by atoms with van der Waals surface area (Å²) in [5.41, 5.74) is 0.879. The minimum Gasteiger partial charge on any atom is -0.350 e. The van der Waals surface area contributed by atoms with Gasteiger partial charge in [0.05, 0.1) is 6.54 Å². The first-order valence-electron chi connectivity index (χ1n) is 6.08. The monoisotopic (exact) mass is 268 g/mol. The van der Waals surface area contributed by atoms with E-state index in [0.29, 0.717) is 11.6 Å². The van der Waals surface area contributed by atoms with Crippen LogP contribution >= 0.6 is 11.6 Å². The van der Waals surface area contributed by atoms with Crippen LogP contribution in [0.5, 0.6) is 0 Å². The van der Waals surface area contributed by atoms with Crippen molar-refractivity contribution in [1.29, 1.82) is 0 Å². The summed E-state index contributed by atoms with van der Waals surface area (Å²) in [6.45, 7) is 8.20. The molecule has 1 aromatic carbocycles. The molecule has 18 heavy (non-hydrogen) atoms. The molecule has 0 radical (unpaired) electrons. The number of halogens is 1. The molecule has 1 amide bonds. The zero-order valence-electron chi connectivity index (χ0n) is 11.4. The van der Waals surface area contributed by atoms with Gasteiger partial charge in [-0.2, -0.15) is 0 Å². The normalized spacial score (nSPS) is 13.2. The number of benzene rings is 1. The van der Waals surface area contributed by atoms with Gasteiger partial charge < -0.3 is 10.6 Å². The van der Waals surface area contributed by atoms with E-state index >= 15 is 0 Å². The molecule has 1 rings (SSSR count). The van der Waals surface area contributed by atoms with Crippen molar-refractivity contribution in [3.05, 3.63) is 34.9 Å². The van der Waals surface area contributed by atoms with Crippen molar-refractivity contribution < 1.29 is 4.79 Å². The fourth-order valence-corrected chi connectivity index (χ4v) is 1.80. The Morgan fingerprint density at radius 2 is 2.06 bits per heavy atom. The summed E-state index contributed by atoms with van der Waals surface area (Å²) in [7, 11) is 0. The van der Waals surface area contributed by atoms with Crippen LogP contribution in [0.4, 0.5) is 0 Å². The van der Waals surface area contributed by atoms with Gasteiger partial charge in [-0.05, 0) is 45.4 Å². The Balaban J connectivity index is 2.46. The Kier molecular flexibility index (Phi) is 5.17. The van der Waals surface area contributed by atoms with E-state index < -0.39 is 0 Å². The fourth-order valence-electron chi connectivity index (χ4n) is 1.60. The number of rotatable bonds is 4. The van der Waals surface area contributed by atoms with Crippen molar-refractivity contribution in [3.8, 4) is 0 Å². The largest absolute Gasteiger partial charge is 0.350 e. The molecule has 0 aliphatic rings. The molecule has 0 saturated heterocycles. The second kappa shape index (κ2) is 6.21. The molecule has 0 aliphatic carbocycles. The first-order valence-corrected chi connectivity index (χ1v) is 6.45. The van der Waals surface area contributed by atoms with Gasteiger partial charge in [0, 0.05) is 16.6 Å². The predicted octanol–water partition coefficient (Wildman–Crippen LogP) is 2.91. The highest BCUT2D eigenvalue weighted by Gasteiger charge is 2.14. The van der Waals surface area contributed by atoms with E-state index in [2.05, 4.69) is 10.6 Å². The van der Waals surface area contributed by atoms with Gasteiger partial charge in [0.2, 0.25) is 5.91 Å². The number of amides is 1. The average Bonchev–Trinajstić information content (AvgIpc) is 2.23. The average molecular weight is 269 g/mol. The first-order chi connectivity index (χ1) is 8.28. The van der Waals surface area contributed by atoms with Crippen LogP contribution in [-0.4, -0.2) is 18.0 Å². The van der Waals surface area contributed by atoms with Crippen molar-refractivity contribution in [1.82, 2.24) is 10.6 Å². The molecule has 3 nitrogen and oxygen atoms in total. The van der Waals surface area contributed by atoms with Gasteiger partial charge in [-0.25, -0.2) is 0 Å². The van der Waals surface area contributed by atoms with Crippen LogP contribution in [0.15, 0.2) is 24.3 Å². The molecule has 0 spiro atoms. The van der Waals surface area contributed by atoms with E-state index in [-0.39, 0.29) is 17.5 Å². The topological polar surface area (TPSA) is 41.1 Å². The highest BCUT2D eigenvalue weighted by molar-refractivity contribution is 6.30. The van der Waals surface area contributed by atoms with E-state index in [1.807, 2.05) is 52.0 Å². The van der Waals surface area contributed by atoms with E-state index in [1.54, 1.807) is 0 Å². The summed E-state index contributed by atoms with van der Waals surface area (Å²) in [5, 5.41) is 6.80. The SMILES string of the molecule is CC(NCC(=O)NC(C)(C)C)c1cccc(Cl)c1. The third kappa shape index (κ3) is 5.52. The van der Waals surface area contributed by atoms with Crippen molar-refractivity contribution in [3.63, 3.8) is 0 Å². The molecule has 0 fully saturated rings. The third-order valence-electron chi connectivity index (χ3n) is 2.43. The van der Waals surface area contributed by atoms with Gasteiger partial charge in [0.15, 0.2) is 0 Å². The lowest BCUT2D eigenvalue weighted by molar-refractivity contribution is -0.121. The van der Waals surface area contributed by atoms with Crippen LogP contribution in [0.3, 0.4) is 0 Å². The van der Waals surface area contributed by atoms with Crippen LogP contribution in [0, 0.1) is 0 Å². The summed E-state index contributed by atoms with van der Waals surface area (Å²) in [4.78, 5) is 11.7. The van der Waals surface area contributed by atoms with Gasteiger partial charge in [0.25, 0.3) is 0 Å². The van der Waals surface area contributed by atoms with Crippen molar-refractivity contribution >= 4 is 17.5 Å². The third-order valence-corrected chi connectivity index (χ3v) is 2.67. The zero-order chi connectivity index (χ0) is 13.8. The molecule has 2 N–H and O–H groups in total. The van der Waals surface area contributed by atoms with E-state index in [1.165, 1.54) is 0 Å². The second-order valence-corrected chi connectivity index (χ2v) is 5.89. The summed E-state index contributed by atoms with van der Waals surface area (Å²) in [5.74, 6) is -0.00335. The molecule has 1 aromatic rings. The smallest absolute Gasteiger partial charge is 0.234 e. The molecule has 0 saturated carbocycles. The number of nitrogens with one attached hydrogen (secondary N) is 2. The van der Waals surface area contributed by atoms with E-state index in [0.717, 1.165) is 5.56 Å². The van der Waals surface area contributed by atoms with Gasteiger partial charge in [-0.15, -0.1) is 0 Å². The lowest BCUT2D eigenvalue weighted by Crippen LogP contribution is -2.45. The standard InChI is InChI=1S/C14H21ClN2O/c1-10(11-6-5-7-12(15)8-11)16-9-13(18)17-14(2,3)4/h5-8,10,16H,9H2,1-4H3,(H,17,18). The molecule has 0 aromatic heterocycles. The predicted molar refractivity (Wildman–Crippen MR) is 75.8 cm³/mol. The number of carbonyl (C=O) groups excluding carboxylic acids is 1. The molecule has 4 heteroatoms. The lowest BCUT2D eigenvalue weighted by Gasteiger charge is -2.21. The van der Waals surface area contributed by atoms with Crippen LogP contribution in [0.1, 0.15) is 39.3 Å². The number of hydrogen-bond acceptors (Lipinski definition) is 2. The fraction of sp³-hybridized carbons (Fsp3) is 0.500. The van der Waals surface area contributed by atoms with Crippen LogP contribution in [0.2, 0.25) is 5.02 Å². The molecule has 0 bridgehead atoms. The van der Waals surface area contributed by atoms with Crippen molar-refractivity contribution in [2.45, 2.75) is 39.3 Å². The minimum absolute atomic E-state index is 0.00335. The molecule has 100 valence electrons. The molecule has 1 unspecified atom stereocenters. The quantitative estimate of drug-likeness (QED) is 0.882. The Bertz CT molecular complexity index is 413. The Morgan fingerprint density at radius 1 is 1.39 bits per heavy atom. The summed E-state index contributed by atoms with van der Waals surface area (Å²) >= 11 is 5.93. The maximum Gasteiger partial charge on any atom is 0.234 e. The highest BCUT2D eigenvalue weighted by Crippen LogP contribution is 2.16. The van der Waals surface area contributed by atoms with E-state index in [4.69, 9.17) is 11.6 Å². The molecule has 0 heterocycles. The van der Waals surface area contributed by atoms with Crippen LogP contribution < -0.4 is 10.6 Å². The molecule has 1 atom stereocenters. The lowest BCUT2D eigenvalue weighted by atomic mass is 10.1. The molecular formula is C14H21ClN2O. The minimum atomic E-state index is -0.196. The number of carbonyl (C=O) groups is 1. The Labute approximate surface area is 114 Å². The van der Waals surface area contributed by atoms with Crippen molar-refractivity contribution in [2.75, 3.05) is 6.54 Å². The summed E-state index contributed by atoms with van der Waals surface area (Å²) < 4.78 is 0. The number of hydrogen-bond donors (Lipinski definition) is 2. The second-order valence-electron chi connectivity index (χ2n) is 5.46. The maximum atomic E-state index is 11.7. The van der Waals surface area contributed by atoms with Gasteiger partial charge >= 0.3 is 0 Å². The summed E-state index contributed by atoms with van der Waals surface area (Å²) in [6.07, 6.45) is 0. The van der Waals surface area contributed by atoms with Gasteiger partial charge in [-0.1, -0.05) is 23.7 Å². The molecular weight excluding hydrogens is 248 g/mol. The molecule has 0 aliphatic heterocycles.